The van der Waals surface area contributed by atoms with Crippen LogP contribution < -0.4 is 0 Å². The molecule has 1 N–H and O–H groups in total. The van der Waals surface area contributed by atoms with Crippen molar-refractivity contribution in [2.75, 3.05) is 13.1 Å². The van der Waals surface area contributed by atoms with Gasteiger partial charge in [0.2, 0.25) is 0 Å². The lowest BCUT2D eigenvalue weighted by Crippen LogP contribution is -2.32. The molecule has 4 nitrogen and oxygen atoms in total. The van der Waals surface area contributed by atoms with Gasteiger partial charge in [-0.05, 0) is 5.56 Å². The summed E-state index contributed by atoms with van der Waals surface area (Å²) < 4.78 is 0. The van der Waals surface area contributed by atoms with E-state index in [0.29, 0.717) is 6.54 Å². The van der Waals surface area contributed by atoms with Crippen LogP contribution in [0.5, 0.6) is 0 Å². The highest BCUT2D eigenvalue weighted by molar-refractivity contribution is 6.03. The Kier molecular flexibility index (Phi) is 3.00. The average Bonchev–Trinajstić information content (AvgIpc) is 2.30. The quantitative estimate of drug-likeness (QED) is 0.829. The summed E-state index contributed by atoms with van der Waals surface area (Å²) in [4.78, 5) is 16.6. The molecule has 1 heterocycles. The van der Waals surface area contributed by atoms with Gasteiger partial charge in [0.15, 0.2) is 0 Å². The fourth-order valence-corrected chi connectivity index (χ4v) is 1.58. The molecule has 0 aromatic heterocycles. The molecule has 0 amide bonds. The monoisotopic (exact) mass is 216 g/mol. The summed E-state index contributed by atoms with van der Waals surface area (Å²) in [5, 5.41) is 8.71. The Morgan fingerprint density at radius 1 is 1.38 bits per heavy atom. The average molecular weight is 216 g/mol. The molecule has 82 valence electrons. The van der Waals surface area contributed by atoms with E-state index >= 15 is 0 Å². The van der Waals surface area contributed by atoms with Gasteiger partial charge in [0.05, 0.1) is 12.3 Å². The van der Waals surface area contributed by atoms with Crippen LogP contribution >= 0.6 is 0 Å². The summed E-state index contributed by atoms with van der Waals surface area (Å²) in [6.07, 6.45) is 3.33. The summed E-state index contributed by atoms with van der Waals surface area (Å²) in [5.74, 6) is -0.834. The number of hydrogen-bond donors (Lipinski definition) is 1. The molecule has 0 fully saturated rings. The van der Waals surface area contributed by atoms with Crippen LogP contribution in [0.2, 0.25) is 0 Å². The molecule has 1 aromatic carbocycles. The van der Waals surface area contributed by atoms with E-state index in [1.807, 2.05) is 30.3 Å². The first kappa shape index (κ1) is 10.4. The van der Waals surface area contributed by atoms with Gasteiger partial charge in [-0.3, -0.25) is 9.79 Å². The van der Waals surface area contributed by atoms with Crippen LogP contribution in [0.1, 0.15) is 5.56 Å². The van der Waals surface area contributed by atoms with Crippen molar-refractivity contribution in [1.82, 2.24) is 4.90 Å². The molecule has 0 radical (unpaired) electrons. The number of carboxylic acids is 1. The van der Waals surface area contributed by atoms with Crippen molar-refractivity contribution in [2.24, 2.45) is 4.99 Å². The van der Waals surface area contributed by atoms with Gasteiger partial charge in [0.1, 0.15) is 6.54 Å². The number of benzene rings is 1. The van der Waals surface area contributed by atoms with Crippen molar-refractivity contribution in [3.05, 3.63) is 48.3 Å². The Hall–Kier alpha value is -2.10. The topological polar surface area (TPSA) is 52.9 Å². The first-order chi connectivity index (χ1) is 7.75. The van der Waals surface area contributed by atoms with Crippen LogP contribution in [-0.4, -0.2) is 34.8 Å². The number of rotatable bonds is 3. The maximum absolute atomic E-state index is 10.6. The maximum Gasteiger partial charge on any atom is 0.323 e. The summed E-state index contributed by atoms with van der Waals surface area (Å²) >= 11 is 0. The molecule has 1 aromatic rings. The molecular formula is C12H12N2O2. The van der Waals surface area contributed by atoms with E-state index < -0.39 is 5.97 Å². The highest BCUT2D eigenvalue weighted by Gasteiger charge is 2.12. The SMILES string of the molecule is O=C(O)CN1C=CN=C(c2ccccc2)C1. The number of nitrogens with zero attached hydrogens (tertiary/aromatic N) is 2. The van der Waals surface area contributed by atoms with Gasteiger partial charge < -0.3 is 10.0 Å². The highest BCUT2D eigenvalue weighted by Crippen LogP contribution is 2.08. The molecule has 4 heteroatoms. The van der Waals surface area contributed by atoms with Crippen molar-refractivity contribution in [1.29, 1.82) is 0 Å². The van der Waals surface area contributed by atoms with Crippen molar-refractivity contribution >= 4 is 11.7 Å². The largest absolute Gasteiger partial charge is 0.480 e. The van der Waals surface area contributed by atoms with Crippen LogP contribution in [-0.2, 0) is 4.79 Å². The molecule has 0 atom stereocenters. The van der Waals surface area contributed by atoms with Crippen LogP contribution in [0, 0.1) is 0 Å². The minimum atomic E-state index is -0.834. The van der Waals surface area contributed by atoms with Gasteiger partial charge in [0.25, 0.3) is 0 Å². The second-order valence-corrected chi connectivity index (χ2v) is 3.54. The Balaban J connectivity index is 2.11. The lowest BCUT2D eigenvalue weighted by Gasteiger charge is -2.21. The molecule has 0 aliphatic carbocycles. The maximum atomic E-state index is 10.6. The number of carboxylic acid groups (broad SMARTS) is 1. The summed E-state index contributed by atoms with van der Waals surface area (Å²) in [6.45, 7) is 0.537. The Bertz CT molecular complexity index is 438. The first-order valence-corrected chi connectivity index (χ1v) is 5.00. The molecule has 16 heavy (non-hydrogen) atoms. The van der Waals surface area contributed by atoms with Gasteiger partial charge in [-0.25, -0.2) is 0 Å². The van der Waals surface area contributed by atoms with Gasteiger partial charge in [-0.15, -0.1) is 0 Å². The van der Waals surface area contributed by atoms with E-state index in [4.69, 9.17) is 5.11 Å². The predicted octanol–water partition coefficient (Wildman–Crippen LogP) is 1.35. The molecular weight excluding hydrogens is 204 g/mol. The Morgan fingerprint density at radius 2 is 2.12 bits per heavy atom. The lowest BCUT2D eigenvalue weighted by atomic mass is 10.1. The van der Waals surface area contributed by atoms with Gasteiger partial charge in [0, 0.05) is 12.4 Å². The van der Waals surface area contributed by atoms with Crippen molar-refractivity contribution in [2.45, 2.75) is 0 Å². The summed E-state index contributed by atoms with van der Waals surface area (Å²) in [7, 11) is 0. The van der Waals surface area contributed by atoms with E-state index in [9.17, 15) is 4.79 Å². The zero-order chi connectivity index (χ0) is 11.4. The number of aliphatic carboxylic acids is 1. The smallest absolute Gasteiger partial charge is 0.323 e. The van der Waals surface area contributed by atoms with E-state index in [0.717, 1.165) is 11.3 Å². The zero-order valence-electron chi connectivity index (χ0n) is 8.71. The number of aliphatic imine (C=N–C) groups is 1. The van der Waals surface area contributed by atoms with Gasteiger partial charge in [-0.1, -0.05) is 30.3 Å². The molecule has 2 rings (SSSR count). The van der Waals surface area contributed by atoms with Crippen LogP contribution in [0.4, 0.5) is 0 Å². The van der Waals surface area contributed by atoms with Gasteiger partial charge in [-0.2, -0.15) is 0 Å². The molecule has 0 unspecified atom stereocenters. The first-order valence-electron chi connectivity index (χ1n) is 5.00. The Morgan fingerprint density at radius 3 is 2.81 bits per heavy atom. The second-order valence-electron chi connectivity index (χ2n) is 3.54. The third-order valence-corrected chi connectivity index (χ3v) is 2.31. The third kappa shape index (κ3) is 2.48. The normalized spacial score (nSPS) is 14.8. The van der Waals surface area contributed by atoms with Crippen molar-refractivity contribution in [3.63, 3.8) is 0 Å². The minimum Gasteiger partial charge on any atom is -0.480 e. The predicted molar refractivity (Wildman–Crippen MR) is 61.3 cm³/mol. The van der Waals surface area contributed by atoms with E-state index in [2.05, 4.69) is 4.99 Å². The van der Waals surface area contributed by atoms with Crippen molar-refractivity contribution in [3.8, 4) is 0 Å². The molecule has 0 saturated heterocycles. The van der Waals surface area contributed by atoms with Crippen LogP contribution in [0.15, 0.2) is 47.7 Å². The standard InChI is InChI=1S/C12H12N2O2/c15-12(16)9-14-7-6-13-11(8-14)10-4-2-1-3-5-10/h1-7H,8-9H2,(H,15,16). The van der Waals surface area contributed by atoms with E-state index in [1.165, 1.54) is 0 Å². The molecule has 0 saturated carbocycles. The molecule has 1 aliphatic heterocycles. The summed E-state index contributed by atoms with van der Waals surface area (Å²) in [6, 6.07) is 9.76. The molecule has 0 bridgehead atoms. The fraction of sp³-hybridized carbons (Fsp3) is 0.167. The number of carbonyl (C=O) groups is 1. The minimum absolute atomic E-state index is 0.00233. The van der Waals surface area contributed by atoms with E-state index in [1.54, 1.807) is 17.3 Å². The second kappa shape index (κ2) is 4.61. The molecule has 0 spiro atoms. The van der Waals surface area contributed by atoms with E-state index in [-0.39, 0.29) is 6.54 Å². The summed E-state index contributed by atoms with van der Waals surface area (Å²) in [5.41, 5.74) is 1.92. The Labute approximate surface area is 93.5 Å². The zero-order valence-corrected chi connectivity index (χ0v) is 8.71. The van der Waals surface area contributed by atoms with Crippen LogP contribution in [0.3, 0.4) is 0 Å². The molecule has 1 aliphatic rings. The van der Waals surface area contributed by atoms with Gasteiger partial charge >= 0.3 is 5.97 Å². The highest BCUT2D eigenvalue weighted by atomic mass is 16.4. The number of hydrogen-bond acceptors (Lipinski definition) is 3. The van der Waals surface area contributed by atoms with Crippen molar-refractivity contribution < 1.29 is 9.90 Å². The van der Waals surface area contributed by atoms with Crippen LogP contribution in [0.25, 0.3) is 0 Å². The fourth-order valence-electron chi connectivity index (χ4n) is 1.58. The lowest BCUT2D eigenvalue weighted by molar-refractivity contribution is -0.137. The third-order valence-electron chi connectivity index (χ3n) is 2.31.